The molecule has 0 aromatic heterocycles. The van der Waals surface area contributed by atoms with Gasteiger partial charge in [0.05, 0.1) is 17.0 Å². The highest BCUT2D eigenvalue weighted by Crippen LogP contribution is 2.16. The minimum absolute atomic E-state index is 0.0729. The number of nitrogens with one attached hydrogen (secondary N) is 1. The fourth-order valence-electron chi connectivity index (χ4n) is 2.20. The van der Waals surface area contributed by atoms with Crippen molar-refractivity contribution in [3.05, 3.63) is 65.2 Å². The van der Waals surface area contributed by atoms with Crippen LogP contribution in [0.5, 0.6) is 0 Å². The number of hydrogen-bond acceptors (Lipinski definition) is 5. The van der Waals surface area contributed by atoms with Crippen molar-refractivity contribution in [3.63, 3.8) is 0 Å². The summed E-state index contributed by atoms with van der Waals surface area (Å²) in [6.07, 6.45) is -0.195. The fourth-order valence-corrected chi connectivity index (χ4v) is 2.98. The average molecular weight is 397 g/mol. The molecular formula is C18H17F2NO5S. The molecule has 2 rings (SSSR count). The molecule has 1 N–H and O–H groups in total. The van der Waals surface area contributed by atoms with Gasteiger partial charge in [-0.2, -0.15) is 0 Å². The van der Waals surface area contributed by atoms with Gasteiger partial charge in [-0.15, -0.1) is 0 Å². The lowest BCUT2D eigenvalue weighted by atomic mass is 10.1. The molecule has 1 amide bonds. The second-order valence-corrected chi connectivity index (χ2v) is 8.07. The van der Waals surface area contributed by atoms with Crippen LogP contribution in [0.15, 0.2) is 42.5 Å². The summed E-state index contributed by atoms with van der Waals surface area (Å²) >= 11 is 0. The van der Waals surface area contributed by atoms with Gasteiger partial charge in [-0.3, -0.25) is 4.79 Å². The van der Waals surface area contributed by atoms with E-state index in [0.29, 0.717) is 11.6 Å². The van der Waals surface area contributed by atoms with E-state index in [9.17, 15) is 26.8 Å². The third-order valence-corrected chi connectivity index (χ3v) is 4.29. The molecule has 0 radical (unpaired) electrons. The van der Waals surface area contributed by atoms with Crippen LogP contribution in [0.1, 0.15) is 22.8 Å². The smallest absolute Gasteiger partial charge is 0.338 e. The van der Waals surface area contributed by atoms with E-state index < -0.39 is 39.5 Å². The Morgan fingerprint density at radius 1 is 1.15 bits per heavy atom. The maximum atomic E-state index is 13.6. The van der Waals surface area contributed by atoms with E-state index in [0.717, 1.165) is 18.4 Å². The Balaban J connectivity index is 2.04. The third-order valence-electron chi connectivity index (χ3n) is 3.43. The first-order valence-electron chi connectivity index (χ1n) is 7.79. The molecule has 0 fully saturated rings. The number of esters is 1. The van der Waals surface area contributed by atoms with Crippen molar-refractivity contribution in [1.29, 1.82) is 0 Å². The SMILES string of the molecule is C[C@H](OC(=O)c1cccc(CS(C)(=O)=O)c1)C(=O)Nc1ccc(F)cc1F. The van der Waals surface area contributed by atoms with Crippen molar-refractivity contribution in [1.82, 2.24) is 0 Å². The lowest BCUT2D eigenvalue weighted by molar-refractivity contribution is -0.123. The Kier molecular flexibility index (Phi) is 6.27. The molecule has 0 saturated heterocycles. The second kappa shape index (κ2) is 8.26. The molecule has 1 atom stereocenters. The number of amides is 1. The van der Waals surface area contributed by atoms with Crippen LogP contribution in [-0.4, -0.2) is 32.7 Å². The van der Waals surface area contributed by atoms with Crippen molar-refractivity contribution in [3.8, 4) is 0 Å². The zero-order valence-corrected chi connectivity index (χ0v) is 15.3. The van der Waals surface area contributed by atoms with Crippen LogP contribution in [0, 0.1) is 11.6 Å². The van der Waals surface area contributed by atoms with Gasteiger partial charge in [0.15, 0.2) is 15.9 Å². The Bertz CT molecular complexity index is 975. The molecule has 6 nitrogen and oxygen atoms in total. The molecule has 2 aromatic carbocycles. The third kappa shape index (κ3) is 6.14. The molecule has 0 heterocycles. The molecular weight excluding hydrogens is 380 g/mol. The minimum atomic E-state index is -3.28. The van der Waals surface area contributed by atoms with Gasteiger partial charge in [-0.05, 0) is 36.8 Å². The van der Waals surface area contributed by atoms with Gasteiger partial charge in [0, 0.05) is 12.3 Å². The summed E-state index contributed by atoms with van der Waals surface area (Å²) < 4.78 is 54.2. The van der Waals surface area contributed by atoms with E-state index in [1.54, 1.807) is 6.07 Å². The van der Waals surface area contributed by atoms with Crippen LogP contribution in [0.2, 0.25) is 0 Å². The highest BCUT2D eigenvalue weighted by Gasteiger charge is 2.20. The predicted molar refractivity (Wildman–Crippen MR) is 94.9 cm³/mol. The van der Waals surface area contributed by atoms with Gasteiger partial charge in [0.1, 0.15) is 11.6 Å². The van der Waals surface area contributed by atoms with E-state index in [4.69, 9.17) is 4.74 Å². The van der Waals surface area contributed by atoms with Crippen molar-refractivity contribution in [2.75, 3.05) is 11.6 Å². The summed E-state index contributed by atoms with van der Waals surface area (Å²) in [5.74, 6) is -3.64. The van der Waals surface area contributed by atoms with Crippen molar-refractivity contribution in [2.24, 2.45) is 0 Å². The maximum Gasteiger partial charge on any atom is 0.338 e. The molecule has 9 heteroatoms. The lowest BCUT2D eigenvalue weighted by Gasteiger charge is -2.14. The first kappa shape index (κ1) is 20.5. The number of anilines is 1. The topological polar surface area (TPSA) is 89.5 Å². The molecule has 0 aliphatic heterocycles. The van der Waals surface area contributed by atoms with E-state index in [2.05, 4.69) is 5.32 Å². The van der Waals surface area contributed by atoms with Gasteiger partial charge < -0.3 is 10.1 Å². The summed E-state index contributed by atoms with van der Waals surface area (Å²) in [6.45, 7) is 1.29. The number of rotatable bonds is 6. The summed E-state index contributed by atoms with van der Waals surface area (Å²) in [4.78, 5) is 24.2. The number of carbonyl (C=O) groups excluding carboxylic acids is 2. The number of halogens is 2. The molecule has 27 heavy (non-hydrogen) atoms. The van der Waals surface area contributed by atoms with Gasteiger partial charge in [-0.1, -0.05) is 12.1 Å². The molecule has 0 saturated carbocycles. The van der Waals surface area contributed by atoms with Crippen LogP contribution < -0.4 is 5.32 Å². The number of ether oxygens (including phenoxy) is 1. The van der Waals surface area contributed by atoms with Crippen LogP contribution in [-0.2, 0) is 25.1 Å². The van der Waals surface area contributed by atoms with E-state index in [1.807, 2.05) is 0 Å². The van der Waals surface area contributed by atoms with Crippen molar-refractivity contribution >= 4 is 27.4 Å². The zero-order chi connectivity index (χ0) is 20.2. The van der Waals surface area contributed by atoms with Crippen LogP contribution in [0.4, 0.5) is 14.5 Å². The predicted octanol–water partition coefficient (Wildman–Crippen LogP) is 2.69. The zero-order valence-electron chi connectivity index (χ0n) is 14.5. The second-order valence-electron chi connectivity index (χ2n) is 5.93. The van der Waals surface area contributed by atoms with Crippen molar-refractivity contribution < 1.29 is 31.5 Å². The molecule has 0 unspecified atom stereocenters. The normalized spacial score (nSPS) is 12.3. The number of carbonyl (C=O) groups is 2. The van der Waals surface area contributed by atoms with Gasteiger partial charge in [0.25, 0.3) is 5.91 Å². The van der Waals surface area contributed by atoms with Gasteiger partial charge >= 0.3 is 5.97 Å². The number of hydrogen-bond donors (Lipinski definition) is 1. The standard InChI is InChI=1S/C18H17F2NO5S/c1-11(17(22)21-16-7-6-14(19)9-15(16)20)26-18(23)13-5-3-4-12(8-13)10-27(2,24)25/h3-9,11H,10H2,1-2H3,(H,21,22)/t11-/m0/s1. The maximum absolute atomic E-state index is 13.6. The Hall–Kier alpha value is -2.81. The largest absolute Gasteiger partial charge is 0.449 e. The van der Waals surface area contributed by atoms with E-state index in [1.165, 1.54) is 25.1 Å². The average Bonchev–Trinajstić information content (AvgIpc) is 2.55. The Morgan fingerprint density at radius 3 is 2.48 bits per heavy atom. The minimum Gasteiger partial charge on any atom is -0.449 e. The monoisotopic (exact) mass is 397 g/mol. The van der Waals surface area contributed by atoms with Gasteiger partial charge in [-0.25, -0.2) is 22.0 Å². The first-order chi connectivity index (χ1) is 12.5. The summed E-state index contributed by atoms with van der Waals surface area (Å²) in [6, 6.07) is 8.45. The molecule has 0 aliphatic rings. The first-order valence-corrected chi connectivity index (χ1v) is 9.85. The summed E-state index contributed by atoms with van der Waals surface area (Å²) in [5, 5.41) is 2.20. The molecule has 2 aromatic rings. The van der Waals surface area contributed by atoms with E-state index >= 15 is 0 Å². The fraction of sp³-hybridized carbons (Fsp3) is 0.222. The number of benzene rings is 2. The lowest BCUT2D eigenvalue weighted by Crippen LogP contribution is -2.30. The quantitative estimate of drug-likeness (QED) is 0.757. The summed E-state index contributed by atoms with van der Waals surface area (Å²) in [5.41, 5.74) is 0.223. The van der Waals surface area contributed by atoms with Gasteiger partial charge in [0.2, 0.25) is 0 Å². The Morgan fingerprint density at radius 2 is 1.85 bits per heavy atom. The number of sulfone groups is 1. The molecule has 0 bridgehead atoms. The highest BCUT2D eigenvalue weighted by molar-refractivity contribution is 7.89. The summed E-state index contributed by atoms with van der Waals surface area (Å²) in [7, 11) is -3.28. The molecule has 144 valence electrons. The van der Waals surface area contributed by atoms with Crippen molar-refractivity contribution in [2.45, 2.75) is 18.8 Å². The highest BCUT2D eigenvalue weighted by atomic mass is 32.2. The van der Waals surface area contributed by atoms with E-state index in [-0.39, 0.29) is 17.0 Å². The Labute approximate surface area is 155 Å². The van der Waals surface area contributed by atoms with Crippen LogP contribution in [0.25, 0.3) is 0 Å². The van der Waals surface area contributed by atoms with Crippen LogP contribution >= 0.6 is 0 Å². The molecule has 0 aliphatic carbocycles. The van der Waals surface area contributed by atoms with Crippen LogP contribution in [0.3, 0.4) is 0 Å². The molecule has 0 spiro atoms.